The average Bonchev–Trinajstić information content (AvgIpc) is 2.53. The van der Waals surface area contributed by atoms with Crippen LogP contribution in [0.5, 0.6) is 0 Å². The van der Waals surface area contributed by atoms with Crippen molar-refractivity contribution in [3.63, 3.8) is 0 Å². The van der Waals surface area contributed by atoms with Crippen molar-refractivity contribution in [2.45, 2.75) is 57.8 Å². The third-order valence-electron chi connectivity index (χ3n) is 5.52. The van der Waals surface area contributed by atoms with E-state index in [2.05, 4.69) is 0 Å². The Morgan fingerprint density at radius 3 is 2.55 bits per heavy atom. The quantitative estimate of drug-likeness (QED) is 0.649. The van der Waals surface area contributed by atoms with E-state index >= 15 is 0 Å². The fraction of sp³-hybridized carbons (Fsp3) is 0.733. The molecule has 1 aliphatic heterocycles. The molecule has 0 unspecified atom stereocenters. The van der Waals surface area contributed by atoms with Gasteiger partial charge < -0.3 is 14.9 Å². The van der Waals surface area contributed by atoms with E-state index in [4.69, 9.17) is 4.74 Å². The smallest absolute Gasteiger partial charge is 0.336 e. The van der Waals surface area contributed by atoms with Crippen molar-refractivity contribution in [1.82, 2.24) is 0 Å². The molecule has 5 heteroatoms. The molecule has 3 aliphatic rings. The first-order valence-electron chi connectivity index (χ1n) is 7.02. The Morgan fingerprint density at radius 2 is 1.90 bits per heavy atom. The molecular formula is C15H20O5. The Labute approximate surface area is 117 Å². The van der Waals surface area contributed by atoms with Crippen LogP contribution in [0, 0.1) is 11.3 Å². The second-order valence-electron chi connectivity index (χ2n) is 6.91. The maximum atomic E-state index is 12.4. The summed E-state index contributed by atoms with van der Waals surface area (Å²) < 4.78 is 5.10. The third kappa shape index (κ3) is 1.56. The molecule has 2 aliphatic carbocycles. The Balaban J connectivity index is 2.10. The summed E-state index contributed by atoms with van der Waals surface area (Å²) >= 11 is 0. The van der Waals surface area contributed by atoms with Gasteiger partial charge in [-0.1, -0.05) is 6.92 Å². The Morgan fingerprint density at radius 1 is 1.25 bits per heavy atom. The lowest BCUT2D eigenvalue weighted by atomic mass is 9.52. The lowest BCUT2D eigenvalue weighted by Crippen LogP contribution is -2.59. The van der Waals surface area contributed by atoms with Gasteiger partial charge in [-0.25, -0.2) is 4.79 Å². The molecule has 0 aromatic heterocycles. The number of ketones is 1. The first kappa shape index (κ1) is 13.8. The highest BCUT2D eigenvalue weighted by Crippen LogP contribution is 2.58. The number of hydrogen-bond acceptors (Lipinski definition) is 5. The molecule has 1 heterocycles. The molecule has 2 fully saturated rings. The van der Waals surface area contributed by atoms with Gasteiger partial charge >= 0.3 is 5.97 Å². The standard InChI is InChI=1S/C15H20O5/c1-8-9-6-10-13(2,7-15(9,19)20-12(8)17)11(16)4-5-14(10,3)18/h10,18-19H,4-7H2,1-3H3/t10-,13-,14-,15+/m1/s1. The number of esters is 1. The number of aliphatic hydroxyl groups is 2. The van der Waals surface area contributed by atoms with Crippen LogP contribution >= 0.6 is 0 Å². The van der Waals surface area contributed by atoms with E-state index in [1.807, 2.05) is 0 Å². The van der Waals surface area contributed by atoms with E-state index < -0.39 is 22.8 Å². The summed E-state index contributed by atoms with van der Waals surface area (Å²) in [5.74, 6) is -2.47. The minimum absolute atomic E-state index is 0.0297. The number of carbonyl (C=O) groups excluding carboxylic acids is 2. The predicted octanol–water partition coefficient (Wildman–Crippen LogP) is 1.08. The molecule has 3 rings (SSSR count). The third-order valence-corrected chi connectivity index (χ3v) is 5.52. The molecule has 2 saturated carbocycles. The van der Waals surface area contributed by atoms with E-state index in [1.54, 1.807) is 20.8 Å². The minimum atomic E-state index is -1.67. The highest BCUT2D eigenvalue weighted by Gasteiger charge is 2.63. The molecule has 20 heavy (non-hydrogen) atoms. The monoisotopic (exact) mass is 280 g/mol. The molecule has 2 N–H and O–H groups in total. The number of Topliss-reactive ketones (excluding diaryl/α,β-unsaturated/α-hetero) is 1. The van der Waals surface area contributed by atoms with Crippen molar-refractivity contribution in [3.05, 3.63) is 11.1 Å². The zero-order valence-corrected chi connectivity index (χ0v) is 12.0. The molecule has 110 valence electrons. The van der Waals surface area contributed by atoms with Crippen LogP contribution in [0.15, 0.2) is 11.1 Å². The first-order valence-corrected chi connectivity index (χ1v) is 7.02. The van der Waals surface area contributed by atoms with Crippen molar-refractivity contribution < 1.29 is 24.5 Å². The molecular weight excluding hydrogens is 260 g/mol. The Kier molecular flexibility index (Phi) is 2.55. The van der Waals surface area contributed by atoms with Crippen molar-refractivity contribution >= 4 is 11.8 Å². The molecule has 0 radical (unpaired) electrons. The van der Waals surface area contributed by atoms with Gasteiger partial charge in [0.1, 0.15) is 5.78 Å². The van der Waals surface area contributed by atoms with E-state index in [-0.39, 0.29) is 18.1 Å². The minimum Gasteiger partial charge on any atom is -0.426 e. The average molecular weight is 280 g/mol. The van der Waals surface area contributed by atoms with E-state index in [0.29, 0.717) is 30.4 Å². The van der Waals surface area contributed by atoms with E-state index in [0.717, 1.165) is 0 Å². The lowest BCUT2D eigenvalue weighted by molar-refractivity contribution is -0.218. The van der Waals surface area contributed by atoms with Gasteiger partial charge in [-0.15, -0.1) is 0 Å². The number of fused-ring (bicyclic) bond motifs is 2. The first-order chi connectivity index (χ1) is 9.10. The molecule has 0 aromatic carbocycles. The summed E-state index contributed by atoms with van der Waals surface area (Å²) in [5.41, 5.74) is -0.892. The second kappa shape index (κ2) is 3.71. The largest absolute Gasteiger partial charge is 0.426 e. The van der Waals surface area contributed by atoms with Gasteiger partial charge in [0.15, 0.2) is 0 Å². The van der Waals surface area contributed by atoms with Crippen molar-refractivity contribution in [3.8, 4) is 0 Å². The fourth-order valence-corrected chi connectivity index (χ4v) is 4.24. The SMILES string of the molecule is CC1=C2C[C@@H]3[C@@](C)(C[C@]2(O)OC1=O)C(=O)CC[C@@]3(C)O. The van der Waals surface area contributed by atoms with Crippen molar-refractivity contribution in [2.24, 2.45) is 11.3 Å². The highest BCUT2D eigenvalue weighted by atomic mass is 16.7. The van der Waals surface area contributed by atoms with Gasteiger partial charge in [0.25, 0.3) is 0 Å². The lowest BCUT2D eigenvalue weighted by Gasteiger charge is -2.54. The van der Waals surface area contributed by atoms with Crippen LogP contribution in [0.1, 0.15) is 46.5 Å². The summed E-state index contributed by atoms with van der Waals surface area (Å²) in [4.78, 5) is 24.1. The number of hydrogen-bond donors (Lipinski definition) is 2. The molecule has 5 nitrogen and oxygen atoms in total. The molecule has 0 aromatic rings. The van der Waals surface area contributed by atoms with Crippen LogP contribution in [-0.2, 0) is 14.3 Å². The van der Waals surface area contributed by atoms with Crippen LogP contribution in [0.2, 0.25) is 0 Å². The maximum Gasteiger partial charge on any atom is 0.336 e. The molecule has 4 atom stereocenters. The number of rotatable bonds is 0. The van der Waals surface area contributed by atoms with Gasteiger partial charge in [-0.3, -0.25) is 4.79 Å². The predicted molar refractivity (Wildman–Crippen MR) is 69.4 cm³/mol. The van der Waals surface area contributed by atoms with E-state index in [9.17, 15) is 19.8 Å². The van der Waals surface area contributed by atoms with Crippen LogP contribution in [-0.4, -0.2) is 33.4 Å². The zero-order valence-electron chi connectivity index (χ0n) is 12.0. The Bertz CT molecular complexity index is 546. The summed E-state index contributed by atoms with van der Waals surface area (Å²) in [5, 5.41) is 21.2. The second-order valence-corrected chi connectivity index (χ2v) is 6.91. The summed E-state index contributed by atoms with van der Waals surface area (Å²) in [7, 11) is 0. The van der Waals surface area contributed by atoms with Crippen molar-refractivity contribution in [2.75, 3.05) is 0 Å². The van der Waals surface area contributed by atoms with Crippen LogP contribution < -0.4 is 0 Å². The zero-order chi connectivity index (χ0) is 14.9. The van der Waals surface area contributed by atoms with Gasteiger partial charge in [0.05, 0.1) is 5.60 Å². The fourth-order valence-electron chi connectivity index (χ4n) is 4.24. The van der Waals surface area contributed by atoms with Gasteiger partial charge in [0, 0.05) is 35.3 Å². The van der Waals surface area contributed by atoms with Crippen LogP contribution in [0.25, 0.3) is 0 Å². The van der Waals surface area contributed by atoms with Gasteiger partial charge in [0.2, 0.25) is 5.79 Å². The topological polar surface area (TPSA) is 83.8 Å². The normalized spacial score (nSPS) is 48.0. The van der Waals surface area contributed by atoms with Gasteiger partial charge in [-0.05, 0) is 26.7 Å². The van der Waals surface area contributed by atoms with Crippen LogP contribution in [0.4, 0.5) is 0 Å². The number of ether oxygens (including phenoxy) is 1. The molecule has 0 spiro atoms. The number of carbonyl (C=O) groups is 2. The van der Waals surface area contributed by atoms with Crippen LogP contribution in [0.3, 0.4) is 0 Å². The maximum absolute atomic E-state index is 12.4. The molecule has 0 bridgehead atoms. The summed E-state index contributed by atoms with van der Waals surface area (Å²) in [6.07, 6.45) is 1.08. The summed E-state index contributed by atoms with van der Waals surface area (Å²) in [6, 6.07) is 0. The molecule has 0 saturated heterocycles. The van der Waals surface area contributed by atoms with Crippen molar-refractivity contribution in [1.29, 1.82) is 0 Å². The molecule has 0 amide bonds. The summed E-state index contributed by atoms with van der Waals surface area (Å²) in [6.45, 7) is 5.13. The highest BCUT2D eigenvalue weighted by molar-refractivity contribution is 5.93. The van der Waals surface area contributed by atoms with Gasteiger partial charge in [-0.2, -0.15) is 0 Å². The Hall–Kier alpha value is -1.20. The van der Waals surface area contributed by atoms with E-state index in [1.165, 1.54) is 0 Å².